The molecule has 1 N–H and O–H groups in total. The van der Waals surface area contributed by atoms with Gasteiger partial charge in [0.05, 0.1) is 10.6 Å². The summed E-state index contributed by atoms with van der Waals surface area (Å²) in [5, 5.41) is 3.59. The lowest BCUT2D eigenvalue weighted by Gasteiger charge is -2.21. The van der Waals surface area contributed by atoms with Crippen molar-refractivity contribution in [2.24, 2.45) is 0 Å². The predicted octanol–water partition coefficient (Wildman–Crippen LogP) is 4.80. The van der Waals surface area contributed by atoms with E-state index in [-0.39, 0.29) is 0 Å². The average Bonchev–Trinajstić information content (AvgIpc) is 3.26. The number of hydrogen-bond acceptors (Lipinski definition) is 2. The Morgan fingerprint density at radius 3 is 2.50 bits per heavy atom. The summed E-state index contributed by atoms with van der Waals surface area (Å²) in [7, 11) is 0. The van der Waals surface area contributed by atoms with E-state index in [1.807, 2.05) is 0 Å². The first-order valence-electron chi connectivity index (χ1n) is 8.00. The summed E-state index contributed by atoms with van der Waals surface area (Å²) in [5.41, 5.74) is 1.29. The third-order valence-corrected chi connectivity index (χ3v) is 4.92. The Labute approximate surface area is 130 Å². The molecule has 1 aromatic carbocycles. The van der Waals surface area contributed by atoms with Crippen LogP contribution in [0.25, 0.3) is 0 Å². The molecule has 110 valence electrons. The minimum atomic E-state index is 0.399. The highest BCUT2D eigenvalue weighted by atomic mass is 79.9. The molecule has 0 radical (unpaired) electrons. The number of halogens is 1. The number of hydrogen-bond donors (Lipinski definition) is 1. The minimum Gasteiger partial charge on any atom is -0.489 e. The van der Waals surface area contributed by atoms with E-state index in [1.54, 1.807) is 0 Å². The number of ether oxygens (including phenoxy) is 1. The van der Waals surface area contributed by atoms with Crippen molar-refractivity contribution in [2.45, 2.75) is 70.1 Å². The molecule has 1 aromatic rings. The fourth-order valence-electron chi connectivity index (χ4n) is 2.89. The van der Waals surface area contributed by atoms with Crippen LogP contribution >= 0.6 is 15.9 Å². The van der Waals surface area contributed by atoms with Crippen molar-refractivity contribution in [1.29, 1.82) is 0 Å². The van der Waals surface area contributed by atoms with E-state index in [1.165, 1.54) is 56.9 Å². The zero-order valence-electron chi connectivity index (χ0n) is 12.0. The third kappa shape index (κ3) is 3.98. The molecule has 2 saturated carbocycles. The van der Waals surface area contributed by atoms with Crippen molar-refractivity contribution in [3.63, 3.8) is 0 Å². The number of benzene rings is 1. The number of para-hydroxylation sites is 1. The molecule has 0 spiro atoms. The third-order valence-electron chi connectivity index (χ3n) is 4.29. The van der Waals surface area contributed by atoms with Crippen LogP contribution in [0, 0.1) is 0 Å². The second-order valence-electron chi connectivity index (χ2n) is 6.11. The molecule has 0 bridgehead atoms. The van der Waals surface area contributed by atoms with Crippen LogP contribution in [-0.4, -0.2) is 12.1 Å². The maximum absolute atomic E-state index is 6.36. The molecule has 0 saturated heterocycles. The zero-order chi connectivity index (χ0) is 13.8. The number of nitrogens with one attached hydrogen (secondary N) is 1. The van der Waals surface area contributed by atoms with Crippen LogP contribution < -0.4 is 10.1 Å². The van der Waals surface area contributed by atoms with Gasteiger partial charge in [0.1, 0.15) is 5.75 Å². The quantitative estimate of drug-likeness (QED) is 0.779. The van der Waals surface area contributed by atoms with Gasteiger partial charge >= 0.3 is 0 Å². The van der Waals surface area contributed by atoms with Crippen molar-refractivity contribution >= 4 is 15.9 Å². The molecule has 0 unspecified atom stereocenters. The molecular weight excluding hydrogens is 314 g/mol. The van der Waals surface area contributed by atoms with E-state index in [9.17, 15) is 0 Å². The summed E-state index contributed by atoms with van der Waals surface area (Å²) in [6.07, 6.45) is 10.8. The molecule has 20 heavy (non-hydrogen) atoms. The van der Waals surface area contributed by atoms with Crippen molar-refractivity contribution in [3.8, 4) is 5.75 Å². The maximum Gasteiger partial charge on any atom is 0.138 e. The Bertz CT molecular complexity index is 437. The van der Waals surface area contributed by atoms with Gasteiger partial charge in [-0.05, 0) is 60.5 Å². The van der Waals surface area contributed by atoms with Crippen molar-refractivity contribution in [2.75, 3.05) is 0 Å². The molecule has 2 nitrogen and oxygen atoms in total. The summed E-state index contributed by atoms with van der Waals surface area (Å²) >= 11 is 3.66. The van der Waals surface area contributed by atoms with Gasteiger partial charge in [0.15, 0.2) is 0 Å². The van der Waals surface area contributed by atoms with E-state index in [0.717, 1.165) is 22.8 Å². The molecule has 3 rings (SSSR count). The monoisotopic (exact) mass is 337 g/mol. The molecule has 2 aliphatic rings. The van der Waals surface area contributed by atoms with E-state index in [4.69, 9.17) is 4.74 Å². The van der Waals surface area contributed by atoms with Crippen molar-refractivity contribution < 1.29 is 4.74 Å². The summed E-state index contributed by atoms with van der Waals surface area (Å²) in [6.45, 7) is 0.923. The first kappa shape index (κ1) is 14.4. The largest absolute Gasteiger partial charge is 0.489 e. The van der Waals surface area contributed by atoms with Gasteiger partial charge in [0.2, 0.25) is 0 Å². The Hall–Kier alpha value is -0.540. The van der Waals surface area contributed by atoms with Gasteiger partial charge < -0.3 is 10.1 Å². The van der Waals surface area contributed by atoms with E-state index >= 15 is 0 Å². The standard InChI is InChI=1S/C17H24BrNO/c18-16-9-5-6-13(12-19-14-10-11-14)17(16)20-15-7-3-1-2-4-8-15/h5-6,9,14-15,19H,1-4,7-8,10-12H2. The van der Waals surface area contributed by atoms with E-state index in [2.05, 4.69) is 39.4 Å². The second kappa shape index (κ2) is 6.95. The average molecular weight is 338 g/mol. The molecule has 0 heterocycles. The summed E-state index contributed by atoms with van der Waals surface area (Å²) in [6, 6.07) is 7.12. The highest BCUT2D eigenvalue weighted by molar-refractivity contribution is 9.10. The highest BCUT2D eigenvalue weighted by Crippen LogP contribution is 2.33. The maximum atomic E-state index is 6.36. The lowest BCUT2D eigenvalue weighted by molar-refractivity contribution is 0.180. The molecule has 0 amide bonds. The van der Waals surface area contributed by atoms with Gasteiger partial charge in [-0.2, -0.15) is 0 Å². The molecule has 0 aliphatic heterocycles. The lowest BCUT2D eigenvalue weighted by Crippen LogP contribution is -2.19. The lowest BCUT2D eigenvalue weighted by atomic mass is 10.1. The van der Waals surface area contributed by atoms with E-state index in [0.29, 0.717) is 6.10 Å². The minimum absolute atomic E-state index is 0.399. The van der Waals surface area contributed by atoms with Crippen LogP contribution in [0.2, 0.25) is 0 Å². The molecule has 2 fully saturated rings. The Morgan fingerprint density at radius 2 is 1.80 bits per heavy atom. The van der Waals surface area contributed by atoms with Gasteiger partial charge in [-0.15, -0.1) is 0 Å². The second-order valence-corrected chi connectivity index (χ2v) is 6.97. The molecule has 0 aromatic heterocycles. The van der Waals surface area contributed by atoms with Crippen LogP contribution in [-0.2, 0) is 6.54 Å². The summed E-state index contributed by atoms with van der Waals surface area (Å²) in [4.78, 5) is 0. The summed E-state index contributed by atoms with van der Waals surface area (Å²) in [5.74, 6) is 1.06. The van der Waals surface area contributed by atoms with Gasteiger partial charge in [0, 0.05) is 18.2 Å². The first-order chi connectivity index (χ1) is 9.83. The molecule has 2 aliphatic carbocycles. The fraction of sp³-hybridized carbons (Fsp3) is 0.647. The molecule has 3 heteroatoms. The fourth-order valence-corrected chi connectivity index (χ4v) is 3.39. The SMILES string of the molecule is Brc1cccc(CNC2CC2)c1OC1CCCCCC1. The van der Waals surface area contributed by atoms with E-state index < -0.39 is 0 Å². The van der Waals surface area contributed by atoms with Crippen LogP contribution in [0.15, 0.2) is 22.7 Å². The van der Waals surface area contributed by atoms with Crippen LogP contribution in [0.1, 0.15) is 56.9 Å². The molecular formula is C17H24BrNO. The zero-order valence-corrected chi connectivity index (χ0v) is 13.6. The first-order valence-corrected chi connectivity index (χ1v) is 8.79. The van der Waals surface area contributed by atoms with Crippen molar-refractivity contribution in [1.82, 2.24) is 5.32 Å². The van der Waals surface area contributed by atoms with Crippen LogP contribution in [0.4, 0.5) is 0 Å². The smallest absolute Gasteiger partial charge is 0.138 e. The Morgan fingerprint density at radius 1 is 1.05 bits per heavy atom. The van der Waals surface area contributed by atoms with Gasteiger partial charge in [0.25, 0.3) is 0 Å². The Balaban J connectivity index is 1.68. The normalized spacial score (nSPS) is 20.6. The number of rotatable bonds is 5. The summed E-state index contributed by atoms with van der Waals surface area (Å²) < 4.78 is 7.46. The van der Waals surface area contributed by atoms with Gasteiger partial charge in [-0.3, -0.25) is 0 Å². The highest BCUT2D eigenvalue weighted by Gasteiger charge is 2.22. The molecule has 0 atom stereocenters. The Kier molecular flexibility index (Phi) is 5.00. The van der Waals surface area contributed by atoms with Gasteiger partial charge in [-0.25, -0.2) is 0 Å². The van der Waals surface area contributed by atoms with Crippen LogP contribution in [0.5, 0.6) is 5.75 Å². The van der Waals surface area contributed by atoms with Crippen LogP contribution in [0.3, 0.4) is 0 Å². The predicted molar refractivity (Wildman–Crippen MR) is 86.1 cm³/mol. The van der Waals surface area contributed by atoms with Gasteiger partial charge in [-0.1, -0.05) is 25.0 Å². The topological polar surface area (TPSA) is 21.3 Å². The van der Waals surface area contributed by atoms with Crippen molar-refractivity contribution in [3.05, 3.63) is 28.2 Å².